The number of fused-ring (bicyclic) bond motifs is 9. The van der Waals surface area contributed by atoms with Crippen molar-refractivity contribution in [1.82, 2.24) is 14.4 Å². The minimum atomic E-state index is -1.66. The number of benzene rings is 1. The van der Waals surface area contributed by atoms with Gasteiger partial charge in [-0.05, 0) is 30.0 Å². The van der Waals surface area contributed by atoms with E-state index in [4.69, 9.17) is 0 Å². The molecular formula is C24H23N5O6. The number of pyridine rings is 1. The molecule has 4 aliphatic rings. The predicted molar refractivity (Wildman–Crippen MR) is 123 cm³/mol. The number of carbonyl (C=O) groups is 3. The van der Waals surface area contributed by atoms with Crippen molar-refractivity contribution in [1.29, 1.82) is 0 Å². The lowest BCUT2D eigenvalue weighted by atomic mass is 9.60. The normalized spacial score (nSPS) is 26.4. The molecule has 2 aromatic rings. The fraction of sp³-hybridized carbons (Fsp3) is 0.417. The third-order valence-corrected chi connectivity index (χ3v) is 8.17. The molecule has 0 radical (unpaired) electrons. The summed E-state index contributed by atoms with van der Waals surface area (Å²) in [6.45, 7) is 1.00. The van der Waals surface area contributed by atoms with Gasteiger partial charge in [0.25, 0.3) is 11.2 Å². The Hall–Kier alpha value is -4.02. The van der Waals surface area contributed by atoms with E-state index in [0.717, 1.165) is 21.2 Å². The van der Waals surface area contributed by atoms with Crippen LogP contribution >= 0.6 is 0 Å². The van der Waals surface area contributed by atoms with Crippen molar-refractivity contribution in [2.75, 3.05) is 25.5 Å². The van der Waals surface area contributed by atoms with Crippen molar-refractivity contribution in [3.8, 4) is 0 Å². The van der Waals surface area contributed by atoms with E-state index in [-0.39, 0.29) is 29.5 Å². The zero-order valence-corrected chi connectivity index (χ0v) is 19.2. The number of amides is 4. The molecule has 11 heteroatoms. The Kier molecular flexibility index (Phi) is 4.30. The maximum atomic E-state index is 13.9. The smallest absolute Gasteiger partial charge is 0.332 e. The second kappa shape index (κ2) is 7.00. The van der Waals surface area contributed by atoms with Crippen molar-refractivity contribution >= 4 is 29.2 Å². The van der Waals surface area contributed by atoms with Crippen LogP contribution in [0.5, 0.6) is 0 Å². The zero-order chi connectivity index (χ0) is 24.8. The molecule has 1 aromatic heterocycles. The molecule has 0 unspecified atom stereocenters. The van der Waals surface area contributed by atoms with Gasteiger partial charge in [0.15, 0.2) is 5.41 Å². The average Bonchev–Trinajstić information content (AvgIpc) is 2.85. The zero-order valence-electron chi connectivity index (χ0n) is 19.2. The highest BCUT2D eigenvalue weighted by atomic mass is 16.6. The summed E-state index contributed by atoms with van der Waals surface area (Å²) in [6.07, 6.45) is 0.625. The Balaban J connectivity index is 1.63. The second-order valence-corrected chi connectivity index (χ2v) is 9.93. The first-order valence-electron chi connectivity index (χ1n) is 11.5. The lowest BCUT2D eigenvalue weighted by molar-refractivity contribution is -0.384. The lowest BCUT2D eigenvalue weighted by Crippen LogP contribution is -2.74. The van der Waals surface area contributed by atoms with Crippen molar-refractivity contribution in [2.45, 2.75) is 31.3 Å². The third kappa shape index (κ3) is 2.66. The molecule has 2 bridgehead atoms. The highest BCUT2D eigenvalue weighted by molar-refractivity contribution is 6.20. The van der Waals surface area contributed by atoms with Gasteiger partial charge in [-0.1, -0.05) is 6.07 Å². The van der Waals surface area contributed by atoms with Gasteiger partial charge in [0.2, 0.25) is 11.8 Å². The molecule has 3 atom stereocenters. The van der Waals surface area contributed by atoms with Gasteiger partial charge < -0.3 is 9.47 Å². The average molecular weight is 477 g/mol. The van der Waals surface area contributed by atoms with Gasteiger partial charge in [-0.2, -0.15) is 0 Å². The highest BCUT2D eigenvalue weighted by Gasteiger charge is 2.66. The number of urea groups is 1. The molecule has 5 heterocycles. The number of rotatable bonds is 1. The molecule has 4 aliphatic heterocycles. The van der Waals surface area contributed by atoms with Crippen LogP contribution in [-0.2, 0) is 22.6 Å². The van der Waals surface area contributed by atoms with E-state index in [9.17, 15) is 29.3 Å². The number of barbiturate groups is 1. The van der Waals surface area contributed by atoms with E-state index < -0.39 is 34.2 Å². The summed E-state index contributed by atoms with van der Waals surface area (Å²) < 4.78 is 1.73. The summed E-state index contributed by atoms with van der Waals surface area (Å²) in [6, 6.07) is 8.23. The van der Waals surface area contributed by atoms with Gasteiger partial charge in [0, 0.05) is 69.1 Å². The van der Waals surface area contributed by atoms with Crippen molar-refractivity contribution in [3.05, 3.63) is 68.1 Å². The number of anilines is 1. The summed E-state index contributed by atoms with van der Waals surface area (Å²) in [5.74, 6) is -1.46. The highest BCUT2D eigenvalue weighted by Crippen LogP contribution is 2.55. The minimum Gasteiger partial charge on any atom is -0.366 e. The van der Waals surface area contributed by atoms with Crippen LogP contribution in [0.3, 0.4) is 0 Å². The second-order valence-electron chi connectivity index (χ2n) is 9.93. The topological polar surface area (TPSA) is 126 Å². The van der Waals surface area contributed by atoms with E-state index in [1.807, 2.05) is 11.0 Å². The van der Waals surface area contributed by atoms with Crippen LogP contribution in [-0.4, -0.2) is 63.8 Å². The Morgan fingerprint density at radius 3 is 2.40 bits per heavy atom. The molecule has 2 saturated heterocycles. The van der Waals surface area contributed by atoms with Crippen LogP contribution in [0.25, 0.3) is 0 Å². The van der Waals surface area contributed by atoms with Crippen LogP contribution < -0.4 is 10.5 Å². The number of non-ortho nitro benzene ring substituents is 1. The number of hydrogen-bond acceptors (Lipinski definition) is 7. The van der Waals surface area contributed by atoms with Crippen LogP contribution in [0, 0.1) is 21.4 Å². The standard InChI is InChI=1S/C24H23N5O6/c1-25-21(31)24(22(32)26(2)23(25)33)10-14-9-15(29(34)35)6-7-17(14)28-12-13-8-16(20(24)28)18-4-3-5-19(30)27(18)11-13/h3-7,9,13,16,20H,8,10-12H2,1-2H3/t13-,16+,20+/m1/s1. The molecule has 0 N–H and O–H groups in total. The number of hydrogen-bond donors (Lipinski definition) is 0. The number of piperidine rings is 1. The molecule has 35 heavy (non-hydrogen) atoms. The molecule has 1 aromatic carbocycles. The predicted octanol–water partition coefficient (Wildman–Crippen LogP) is 1.34. The molecule has 0 aliphatic carbocycles. The van der Waals surface area contributed by atoms with Gasteiger partial charge in [-0.15, -0.1) is 0 Å². The van der Waals surface area contributed by atoms with Crippen molar-refractivity contribution in [3.63, 3.8) is 0 Å². The molecule has 1 spiro atoms. The van der Waals surface area contributed by atoms with Gasteiger partial charge >= 0.3 is 6.03 Å². The summed E-state index contributed by atoms with van der Waals surface area (Å²) >= 11 is 0. The van der Waals surface area contributed by atoms with Gasteiger partial charge in [0.05, 0.1) is 11.0 Å². The molecule has 6 rings (SSSR count). The first kappa shape index (κ1) is 21.5. The Morgan fingerprint density at radius 1 is 1.00 bits per heavy atom. The van der Waals surface area contributed by atoms with Crippen LogP contribution in [0.1, 0.15) is 23.6 Å². The minimum absolute atomic E-state index is 0.0664. The maximum Gasteiger partial charge on any atom is 0.332 e. The summed E-state index contributed by atoms with van der Waals surface area (Å²) in [5, 5.41) is 11.5. The Bertz CT molecular complexity index is 1380. The summed E-state index contributed by atoms with van der Waals surface area (Å²) in [4.78, 5) is 68.1. The molecule has 2 fully saturated rings. The third-order valence-electron chi connectivity index (χ3n) is 8.17. The maximum absolute atomic E-state index is 13.9. The molecule has 4 amide bonds. The monoisotopic (exact) mass is 477 g/mol. The van der Waals surface area contributed by atoms with Gasteiger partial charge in [-0.25, -0.2) is 4.79 Å². The van der Waals surface area contributed by atoms with E-state index in [0.29, 0.717) is 25.1 Å². The van der Waals surface area contributed by atoms with Crippen molar-refractivity contribution < 1.29 is 19.3 Å². The van der Waals surface area contributed by atoms with E-state index in [2.05, 4.69) is 0 Å². The van der Waals surface area contributed by atoms with Crippen LogP contribution in [0.15, 0.2) is 41.2 Å². The lowest BCUT2D eigenvalue weighted by Gasteiger charge is -2.59. The van der Waals surface area contributed by atoms with E-state index >= 15 is 0 Å². The van der Waals surface area contributed by atoms with Gasteiger partial charge in [-0.3, -0.25) is 34.3 Å². The number of nitro benzene ring substituents is 1. The molecule has 11 nitrogen and oxygen atoms in total. The fourth-order valence-corrected chi connectivity index (χ4v) is 6.76. The number of carbonyl (C=O) groups excluding carboxylic acids is 3. The number of nitrogens with zero attached hydrogens (tertiary/aromatic N) is 5. The first-order valence-corrected chi connectivity index (χ1v) is 11.5. The van der Waals surface area contributed by atoms with Crippen LogP contribution in [0.4, 0.5) is 16.2 Å². The number of imide groups is 2. The SMILES string of the molecule is CN1C(=O)N(C)C(=O)C2(Cc3cc([N+](=O)[O-])ccc3N3C[C@@H]4C[C@@H](c5cccc(=O)n5C4)[C@H]32)C1=O. The van der Waals surface area contributed by atoms with Crippen LogP contribution in [0.2, 0.25) is 0 Å². The van der Waals surface area contributed by atoms with Gasteiger partial charge in [0.1, 0.15) is 0 Å². The fourth-order valence-electron chi connectivity index (χ4n) is 6.76. The molecule has 180 valence electrons. The number of nitro groups is 1. The Labute approximate surface area is 199 Å². The number of aromatic nitrogens is 1. The largest absolute Gasteiger partial charge is 0.366 e. The molecule has 0 saturated carbocycles. The van der Waals surface area contributed by atoms with E-state index in [1.54, 1.807) is 16.7 Å². The quantitative estimate of drug-likeness (QED) is 0.345. The first-order chi connectivity index (χ1) is 16.6. The summed E-state index contributed by atoms with van der Waals surface area (Å²) in [7, 11) is 2.71. The Morgan fingerprint density at radius 2 is 1.71 bits per heavy atom. The van der Waals surface area contributed by atoms with Crippen molar-refractivity contribution in [2.24, 2.45) is 11.3 Å². The molecular weight excluding hydrogens is 454 g/mol. The summed E-state index contributed by atoms with van der Waals surface area (Å²) in [5.41, 5.74) is 0.117. The van der Waals surface area contributed by atoms with E-state index in [1.165, 1.54) is 32.3 Å².